The minimum Gasteiger partial charge on any atom is -0.456 e. The molecule has 3 aromatic carbocycles. The molecular formula is C25H17NO4S2. The van der Waals surface area contributed by atoms with Crippen molar-refractivity contribution in [3.05, 3.63) is 87.8 Å². The Labute approximate surface area is 194 Å². The molecule has 5 nitrogen and oxygen atoms in total. The number of nitrogens with zero attached hydrogens (tertiary/aromatic N) is 1. The van der Waals surface area contributed by atoms with Crippen LogP contribution in [0.5, 0.6) is 23.0 Å². The van der Waals surface area contributed by atoms with E-state index in [1.165, 1.54) is 11.8 Å². The number of hydrogen-bond acceptors (Lipinski definition) is 6. The topological polar surface area (TPSA) is 48.0 Å². The second-order valence-electron chi connectivity index (χ2n) is 7.70. The molecule has 0 spiro atoms. The zero-order valence-corrected chi connectivity index (χ0v) is 18.7. The first-order valence-electron chi connectivity index (χ1n) is 10.1. The van der Waals surface area contributed by atoms with Crippen LogP contribution >= 0.6 is 24.0 Å². The lowest BCUT2D eigenvalue weighted by Gasteiger charge is -2.34. The van der Waals surface area contributed by atoms with Crippen LogP contribution in [-0.4, -0.2) is 21.9 Å². The summed E-state index contributed by atoms with van der Waals surface area (Å²) in [5.74, 6) is 2.79. The standard InChI is InChI=1S/C25H17NO4S2/c1-14-5-4-7-17-22(16-6-2-3-8-18(16)30-23(14)17)26-24(27)21(32-25(26)31)12-15-9-10-19-20(11-15)29-13-28-19/h2-12,22H,13H2,1H3/b21-12+/t22-/m0/s1. The summed E-state index contributed by atoms with van der Waals surface area (Å²) >= 11 is 7.02. The van der Waals surface area contributed by atoms with Gasteiger partial charge in [0, 0.05) is 11.1 Å². The number of thioether (sulfide) groups is 1. The first-order chi connectivity index (χ1) is 15.6. The fraction of sp³-hybridized carbons (Fsp3) is 0.120. The van der Waals surface area contributed by atoms with Crippen LogP contribution < -0.4 is 14.2 Å². The summed E-state index contributed by atoms with van der Waals surface area (Å²) in [6, 6.07) is 19.1. The van der Waals surface area contributed by atoms with E-state index in [0.717, 1.165) is 33.8 Å². The average molecular weight is 460 g/mol. The summed E-state index contributed by atoms with van der Waals surface area (Å²) in [5.41, 5.74) is 3.73. The summed E-state index contributed by atoms with van der Waals surface area (Å²) in [6.45, 7) is 2.22. The van der Waals surface area contributed by atoms with Gasteiger partial charge in [-0.1, -0.05) is 66.4 Å². The van der Waals surface area contributed by atoms with Crippen molar-refractivity contribution in [1.82, 2.24) is 4.90 Å². The van der Waals surface area contributed by atoms with Crippen LogP contribution in [0, 0.1) is 6.92 Å². The number of amides is 1. The molecule has 0 saturated carbocycles. The number of thiocarbonyl (C=S) groups is 1. The van der Waals surface area contributed by atoms with Gasteiger partial charge in [-0.25, -0.2) is 0 Å². The number of para-hydroxylation sites is 2. The zero-order chi connectivity index (χ0) is 21.8. The summed E-state index contributed by atoms with van der Waals surface area (Å²) in [7, 11) is 0. The first kappa shape index (κ1) is 19.4. The maximum Gasteiger partial charge on any atom is 0.267 e. The van der Waals surface area contributed by atoms with Crippen LogP contribution in [0.4, 0.5) is 0 Å². The Morgan fingerprint density at radius 3 is 2.72 bits per heavy atom. The van der Waals surface area contributed by atoms with Crippen LogP contribution in [0.3, 0.4) is 0 Å². The van der Waals surface area contributed by atoms with E-state index in [2.05, 4.69) is 0 Å². The molecule has 6 rings (SSSR count). The molecule has 3 aliphatic rings. The second kappa shape index (κ2) is 7.39. The number of carbonyl (C=O) groups excluding carboxylic acids is 1. The van der Waals surface area contributed by atoms with E-state index in [9.17, 15) is 4.79 Å². The lowest BCUT2D eigenvalue weighted by atomic mass is 9.92. The van der Waals surface area contributed by atoms with E-state index in [1.54, 1.807) is 4.90 Å². The molecule has 7 heteroatoms. The van der Waals surface area contributed by atoms with E-state index >= 15 is 0 Å². The van der Waals surface area contributed by atoms with Crippen LogP contribution in [0.15, 0.2) is 65.6 Å². The van der Waals surface area contributed by atoms with Gasteiger partial charge in [-0.2, -0.15) is 0 Å². The van der Waals surface area contributed by atoms with Gasteiger partial charge in [0.1, 0.15) is 15.8 Å². The zero-order valence-electron chi connectivity index (χ0n) is 17.0. The van der Waals surface area contributed by atoms with Crippen LogP contribution in [0.2, 0.25) is 0 Å². The largest absolute Gasteiger partial charge is 0.456 e. The molecule has 0 bridgehead atoms. The Morgan fingerprint density at radius 2 is 1.81 bits per heavy atom. The number of rotatable bonds is 2. The molecule has 158 valence electrons. The van der Waals surface area contributed by atoms with Crippen molar-refractivity contribution in [2.24, 2.45) is 0 Å². The van der Waals surface area contributed by atoms with Crippen LogP contribution in [-0.2, 0) is 4.79 Å². The fourth-order valence-corrected chi connectivity index (χ4v) is 5.55. The first-order valence-corrected chi connectivity index (χ1v) is 11.4. The van der Waals surface area contributed by atoms with E-state index in [-0.39, 0.29) is 18.7 Å². The number of ether oxygens (including phenoxy) is 3. The predicted octanol–water partition coefficient (Wildman–Crippen LogP) is 5.82. The van der Waals surface area contributed by atoms with Gasteiger partial charge in [0.25, 0.3) is 5.91 Å². The molecule has 3 aromatic rings. The highest BCUT2D eigenvalue weighted by atomic mass is 32.2. The van der Waals surface area contributed by atoms with Gasteiger partial charge in [-0.15, -0.1) is 0 Å². The Bertz CT molecular complexity index is 1330. The predicted molar refractivity (Wildman–Crippen MR) is 127 cm³/mol. The Balaban J connectivity index is 1.42. The maximum absolute atomic E-state index is 13.6. The van der Waals surface area contributed by atoms with Crippen molar-refractivity contribution in [3.63, 3.8) is 0 Å². The van der Waals surface area contributed by atoms with Crippen molar-refractivity contribution in [3.8, 4) is 23.0 Å². The maximum atomic E-state index is 13.6. The molecule has 3 aliphatic heterocycles. The summed E-state index contributed by atoms with van der Waals surface area (Å²) < 4.78 is 17.6. The van der Waals surface area contributed by atoms with Crippen molar-refractivity contribution in [2.45, 2.75) is 13.0 Å². The third-order valence-corrected chi connectivity index (χ3v) is 7.07. The van der Waals surface area contributed by atoms with E-state index in [0.29, 0.717) is 20.7 Å². The molecule has 0 aromatic heterocycles. The van der Waals surface area contributed by atoms with Gasteiger partial charge in [0.05, 0.1) is 10.9 Å². The summed E-state index contributed by atoms with van der Waals surface area (Å²) in [6.07, 6.45) is 1.85. The molecule has 1 atom stereocenters. The monoisotopic (exact) mass is 459 g/mol. The minimum absolute atomic E-state index is 0.119. The highest BCUT2D eigenvalue weighted by molar-refractivity contribution is 8.26. The molecule has 0 radical (unpaired) electrons. The van der Waals surface area contributed by atoms with Crippen molar-refractivity contribution in [1.29, 1.82) is 0 Å². The molecule has 32 heavy (non-hydrogen) atoms. The van der Waals surface area contributed by atoms with Gasteiger partial charge in [0.15, 0.2) is 11.5 Å². The van der Waals surface area contributed by atoms with Crippen molar-refractivity contribution in [2.75, 3.05) is 6.79 Å². The van der Waals surface area contributed by atoms with E-state index < -0.39 is 0 Å². The normalized spacial score (nSPS) is 19.7. The van der Waals surface area contributed by atoms with Crippen LogP contribution in [0.25, 0.3) is 6.08 Å². The van der Waals surface area contributed by atoms with Crippen molar-refractivity contribution < 1.29 is 19.0 Å². The smallest absolute Gasteiger partial charge is 0.267 e. The Hall–Kier alpha value is -3.29. The third-order valence-electron chi connectivity index (χ3n) is 5.74. The van der Waals surface area contributed by atoms with Crippen molar-refractivity contribution >= 4 is 40.3 Å². The number of hydrogen-bond donors (Lipinski definition) is 0. The molecule has 1 amide bonds. The van der Waals surface area contributed by atoms with Gasteiger partial charge in [0.2, 0.25) is 6.79 Å². The number of aryl methyl sites for hydroxylation is 1. The lowest BCUT2D eigenvalue weighted by Crippen LogP contribution is -2.35. The Morgan fingerprint density at radius 1 is 1.00 bits per heavy atom. The molecule has 1 saturated heterocycles. The van der Waals surface area contributed by atoms with E-state index in [4.69, 9.17) is 26.4 Å². The quantitative estimate of drug-likeness (QED) is 0.356. The number of benzene rings is 3. The molecule has 0 N–H and O–H groups in total. The third kappa shape index (κ3) is 3.00. The molecular weight excluding hydrogens is 442 g/mol. The minimum atomic E-state index is -0.343. The molecule has 3 heterocycles. The highest BCUT2D eigenvalue weighted by Gasteiger charge is 2.42. The summed E-state index contributed by atoms with van der Waals surface area (Å²) in [5, 5.41) is 0. The molecule has 0 unspecified atom stereocenters. The van der Waals surface area contributed by atoms with Crippen LogP contribution in [0.1, 0.15) is 28.3 Å². The Kier molecular flexibility index (Phi) is 4.48. The number of fused-ring (bicyclic) bond motifs is 3. The number of carbonyl (C=O) groups is 1. The van der Waals surface area contributed by atoms with E-state index in [1.807, 2.05) is 73.7 Å². The SMILES string of the molecule is Cc1cccc2c1Oc1ccccc1[C@@H]2N1C(=O)/C(=C\c2ccc3c(c2)OCO3)SC1=S. The van der Waals surface area contributed by atoms with Gasteiger partial charge < -0.3 is 14.2 Å². The molecule has 0 aliphatic carbocycles. The average Bonchev–Trinajstić information content (AvgIpc) is 3.37. The van der Waals surface area contributed by atoms with Gasteiger partial charge in [-0.3, -0.25) is 9.69 Å². The van der Waals surface area contributed by atoms with Gasteiger partial charge >= 0.3 is 0 Å². The van der Waals surface area contributed by atoms with Gasteiger partial charge in [-0.05, 0) is 42.3 Å². The second-order valence-corrected chi connectivity index (χ2v) is 9.38. The highest BCUT2D eigenvalue weighted by Crippen LogP contribution is 2.50. The fourth-order valence-electron chi connectivity index (χ4n) is 4.24. The summed E-state index contributed by atoms with van der Waals surface area (Å²) in [4.78, 5) is 15.9. The lowest BCUT2D eigenvalue weighted by molar-refractivity contribution is -0.123. The molecule has 1 fully saturated rings.